The van der Waals surface area contributed by atoms with Crippen molar-refractivity contribution in [3.05, 3.63) is 0 Å². The number of hydrogen-bond donors (Lipinski definition) is 4. The smallest absolute Gasteiger partial charge is 0.257 e. The number of nitrogens with zero attached hydrogens (tertiary/aromatic N) is 1. The van der Waals surface area contributed by atoms with E-state index in [1.165, 1.54) is 0 Å². The summed E-state index contributed by atoms with van der Waals surface area (Å²) in [7, 11) is 0. The Kier molecular flexibility index (Phi) is 2.28. The fourth-order valence-corrected chi connectivity index (χ4v) is 0.799. The van der Waals surface area contributed by atoms with Gasteiger partial charge in [0.05, 0.1) is 0 Å². The molecule has 0 aromatic rings. The van der Waals surface area contributed by atoms with E-state index in [-0.39, 0.29) is 12.5 Å². The van der Waals surface area contributed by atoms with Crippen LogP contribution in [0.2, 0.25) is 0 Å². The van der Waals surface area contributed by atoms with Crippen molar-refractivity contribution in [2.24, 2.45) is 5.16 Å². The topological polar surface area (TPSA) is 103 Å². The first kappa shape index (κ1) is 8.25. The molecule has 6 nitrogen and oxygen atoms in total. The van der Waals surface area contributed by atoms with E-state index >= 15 is 0 Å². The van der Waals surface area contributed by atoms with E-state index in [1.807, 2.05) is 0 Å². The van der Waals surface area contributed by atoms with Crippen molar-refractivity contribution in [2.45, 2.75) is 18.3 Å². The van der Waals surface area contributed by atoms with E-state index in [9.17, 15) is 0 Å². The fraction of sp³-hybridized carbons (Fsp3) is 0.800. The third-order valence-electron chi connectivity index (χ3n) is 1.47. The molecule has 0 radical (unpaired) electrons. The van der Waals surface area contributed by atoms with Crippen molar-refractivity contribution in [3.63, 3.8) is 0 Å². The van der Waals surface area contributed by atoms with Gasteiger partial charge in [-0.1, -0.05) is 5.16 Å². The minimum atomic E-state index is -1.45. The van der Waals surface area contributed by atoms with Gasteiger partial charge in [0.15, 0.2) is 6.10 Å². The summed E-state index contributed by atoms with van der Waals surface area (Å²) in [5.74, 6) is -0.372. The zero-order chi connectivity index (χ0) is 8.43. The van der Waals surface area contributed by atoms with Crippen molar-refractivity contribution in [1.29, 1.82) is 0 Å². The molecule has 0 saturated carbocycles. The van der Waals surface area contributed by atoms with Gasteiger partial charge in [0.25, 0.3) is 5.90 Å². The molecule has 1 saturated heterocycles. The van der Waals surface area contributed by atoms with Crippen molar-refractivity contribution in [2.75, 3.05) is 6.61 Å². The van der Waals surface area contributed by atoms with E-state index < -0.39 is 18.3 Å². The highest BCUT2D eigenvalue weighted by molar-refractivity contribution is 5.81. The summed E-state index contributed by atoms with van der Waals surface area (Å²) < 4.78 is 4.56. The lowest BCUT2D eigenvalue weighted by Gasteiger charge is -2.28. The molecule has 3 atom stereocenters. The minimum Gasteiger partial charge on any atom is -0.474 e. The van der Waals surface area contributed by atoms with Gasteiger partial charge in [-0.2, -0.15) is 0 Å². The molecule has 0 aromatic carbocycles. The quantitative estimate of drug-likeness (QED) is 0.242. The van der Waals surface area contributed by atoms with Gasteiger partial charge < -0.3 is 25.3 Å². The fourth-order valence-electron chi connectivity index (χ4n) is 0.799. The summed E-state index contributed by atoms with van der Waals surface area (Å²) in [5.41, 5.74) is 0. The largest absolute Gasteiger partial charge is 0.474 e. The summed E-state index contributed by atoms with van der Waals surface area (Å²) in [4.78, 5) is 0. The maximum absolute atomic E-state index is 8.98. The second kappa shape index (κ2) is 3.04. The maximum Gasteiger partial charge on any atom is 0.257 e. The molecule has 1 rings (SSSR count). The van der Waals surface area contributed by atoms with E-state index in [1.54, 1.807) is 0 Å². The first-order chi connectivity index (χ1) is 5.16. The van der Waals surface area contributed by atoms with E-state index in [0.29, 0.717) is 0 Å². The van der Waals surface area contributed by atoms with Crippen molar-refractivity contribution in [3.8, 4) is 0 Å². The first-order valence-electron chi connectivity index (χ1n) is 3.05. The average molecular weight is 163 g/mol. The standard InChI is InChI=1S/C5H9NO5/c7-2-1-11-5(6-10)4(9)3(2)8/h2-4,7-10H,1H2/b6-5+. The van der Waals surface area contributed by atoms with Gasteiger partial charge in [0.2, 0.25) is 0 Å². The monoisotopic (exact) mass is 163 g/mol. The van der Waals surface area contributed by atoms with Crippen LogP contribution in [0.3, 0.4) is 0 Å². The molecule has 0 bridgehead atoms. The summed E-state index contributed by atoms with van der Waals surface area (Å²) >= 11 is 0. The normalized spacial score (nSPS) is 42.1. The number of aliphatic hydroxyl groups is 3. The second-order valence-corrected chi connectivity index (χ2v) is 2.25. The molecular weight excluding hydrogens is 154 g/mol. The molecule has 1 heterocycles. The minimum absolute atomic E-state index is 0.183. The van der Waals surface area contributed by atoms with Gasteiger partial charge in [-0.3, -0.25) is 0 Å². The van der Waals surface area contributed by atoms with Crippen molar-refractivity contribution >= 4 is 5.90 Å². The van der Waals surface area contributed by atoms with Crippen LogP contribution in [0.4, 0.5) is 0 Å². The molecule has 4 N–H and O–H groups in total. The molecule has 3 unspecified atom stereocenters. The lowest BCUT2D eigenvalue weighted by Crippen LogP contribution is -2.50. The van der Waals surface area contributed by atoms with E-state index in [0.717, 1.165) is 0 Å². The molecule has 0 amide bonds. The van der Waals surface area contributed by atoms with Gasteiger partial charge in [-0.05, 0) is 0 Å². The number of ether oxygens (including phenoxy) is 1. The Hall–Kier alpha value is -0.850. The molecule has 11 heavy (non-hydrogen) atoms. The SMILES string of the molecule is O/N=C1/OCC(O)C(O)C1O. The Morgan fingerprint density at radius 3 is 2.55 bits per heavy atom. The van der Waals surface area contributed by atoms with E-state index in [4.69, 9.17) is 20.5 Å². The molecule has 0 spiro atoms. The number of rotatable bonds is 0. The molecule has 0 aliphatic carbocycles. The predicted molar refractivity (Wildman–Crippen MR) is 33.2 cm³/mol. The Morgan fingerprint density at radius 1 is 1.36 bits per heavy atom. The van der Waals surface area contributed by atoms with Crippen LogP contribution in [0.15, 0.2) is 5.16 Å². The van der Waals surface area contributed by atoms with Crippen LogP contribution in [0.25, 0.3) is 0 Å². The van der Waals surface area contributed by atoms with Crippen LogP contribution < -0.4 is 0 Å². The Balaban J connectivity index is 2.67. The second-order valence-electron chi connectivity index (χ2n) is 2.25. The Morgan fingerprint density at radius 2 is 2.00 bits per heavy atom. The van der Waals surface area contributed by atoms with Gasteiger partial charge >= 0.3 is 0 Å². The highest BCUT2D eigenvalue weighted by Crippen LogP contribution is 2.10. The highest BCUT2D eigenvalue weighted by Gasteiger charge is 2.35. The van der Waals surface area contributed by atoms with Gasteiger partial charge in [-0.15, -0.1) is 0 Å². The van der Waals surface area contributed by atoms with Crippen molar-refractivity contribution in [1.82, 2.24) is 0 Å². The Labute approximate surface area is 62.3 Å². The summed E-state index contributed by atoms with van der Waals surface area (Å²) in [6.45, 7) is -0.183. The molecule has 1 aliphatic rings. The summed E-state index contributed by atoms with van der Waals surface area (Å²) in [6, 6.07) is 0. The lowest BCUT2D eigenvalue weighted by molar-refractivity contribution is -0.0856. The number of oxime groups is 1. The molecule has 0 aromatic heterocycles. The molecule has 1 aliphatic heterocycles. The van der Waals surface area contributed by atoms with Crippen LogP contribution in [0, 0.1) is 0 Å². The summed E-state index contributed by atoms with van der Waals surface area (Å²) in [5, 5.41) is 37.6. The third kappa shape index (κ3) is 1.42. The number of hydrogen-bond acceptors (Lipinski definition) is 6. The maximum atomic E-state index is 8.98. The van der Waals surface area contributed by atoms with Crippen molar-refractivity contribution < 1.29 is 25.3 Å². The zero-order valence-electron chi connectivity index (χ0n) is 5.58. The van der Waals surface area contributed by atoms with Crippen LogP contribution in [-0.2, 0) is 4.74 Å². The molecule has 1 fully saturated rings. The average Bonchev–Trinajstić information content (AvgIpc) is 2.01. The molecular formula is C5H9NO5. The van der Waals surface area contributed by atoms with Crippen LogP contribution in [0.5, 0.6) is 0 Å². The van der Waals surface area contributed by atoms with Gasteiger partial charge in [-0.25, -0.2) is 0 Å². The van der Waals surface area contributed by atoms with Gasteiger partial charge in [0, 0.05) is 0 Å². The zero-order valence-corrected chi connectivity index (χ0v) is 5.58. The van der Waals surface area contributed by atoms with E-state index in [2.05, 4.69) is 9.89 Å². The number of aliphatic hydroxyl groups excluding tert-OH is 3. The Bertz CT molecular complexity index is 170. The van der Waals surface area contributed by atoms with Crippen LogP contribution in [0.1, 0.15) is 0 Å². The highest BCUT2D eigenvalue weighted by atomic mass is 16.6. The van der Waals surface area contributed by atoms with Crippen LogP contribution >= 0.6 is 0 Å². The van der Waals surface area contributed by atoms with Gasteiger partial charge in [0.1, 0.15) is 18.8 Å². The predicted octanol–water partition coefficient (Wildman–Crippen LogP) is -2.11. The third-order valence-corrected chi connectivity index (χ3v) is 1.47. The molecule has 6 heteroatoms. The first-order valence-corrected chi connectivity index (χ1v) is 3.05. The lowest BCUT2D eigenvalue weighted by atomic mass is 10.1. The summed E-state index contributed by atoms with van der Waals surface area (Å²) in [6.07, 6.45) is -3.95. The molecule has 64 valence electrons. The van der Waals surface area contributed by atoms with Crippen LogP contribution in [-0.4, -0.2) is 51.3 Å².